The zero-order chi connectivity index (χ0) is 30.8. The standard InChI is InChI=1S/C33H34N4O7/c1-20-2-4-21(5-3-20)25(18-30(38)39)34-32(41)23-8-10-27(26(16-23)35-31(40)22-6-7-22)36-12-14-37(15-13-36)33(42)24-9-11-28-29(17-24)44-19-43-28/h2-5,8-11,16-17,22,25H,6-7,12-15,18-19H2,1H3,(H,34,41)(H,35,40)(H,38,39). The fraction of sp³-hybridized carbons (Fsp3) is 0.333. The molecule has 2 heterocycles. The van der Waals surface area contributed by atoms with Crippen molar-refractivity contribution in [2.24, 2.45) is 5.92 Å². The van der Waals surface area contributed by atoms with Crippen LogP contribution in [0.1, 0.15) is 57.1 Å². The monoisotopic (exact) mass is 598 g/mol. The number of piperazine rings is 1. The minimum absolute atomic E-state index is 0.0435. The van der Waals surface area contributed by atoms with Crippen molar-refractivity contribution in [3.63, 3.8) is 0 Å². The van der Waals surface area contributed by atoms with Gasteiger partial charge in [-0.3, -0.25) is 19.2 Å². The first-order valence-electron chi connectivity index (χ1n) is 14.7. The van der Waals surface area contributed by atoms with E-state index in [1.807, 2.05) is 31.2 Å². The molecule has 44 heavy (non-hydrogen) atoms. The number of aryl methyl sites for hydroxylation is 1. The first-order valence-corrected chi connectivity index (χ1v) is 14.7. The summed E-state index contributed by atoms with van der Waals surface area (Å²) in [6, 6.07) is 16.9. The molecule has 0 aromatic heterocycles. The Bertz CT molecular complexity index is 1590. The largest absolute Gasteiger partial charge is 0.481 e. The summed E-state index contributed by atoms with van der Waals surface area (Å²) in [7, 11) is 0. The number of aliphatic carboxylic acids is 1. The molecule has 2 fully saturated rings. The van der Waals surface area contributed by atoms with Gasteiger partial charge in [0.15, 0.2) is 11.5 Å². The number of nitrogens with one attached hydrogen (secondary N) is 2. The van der Waals surface area contributed by atoms with E-state index < -0.39 is 17.9 Å². The van der Waals surface area contributed by atoms with Crippen LogP contribution in [0.15, 0.2) is 60.7 Å². The number of carboxylic acids is 1. The van der Waals surface area contributed by atoms with Crippen LogP contribution < -0.4 is 25.0 Å². The molecule has 1 saturated carbocycles. The SMILES string of the molecule is Cc1ccc(C(CC(=O)O)NC(=O)c2ccc(N3CCN(C(=O)c4ccc5c(c4)OCO5)CC3)c(NC(=O)C3CC3)c2)cc1. The summed E-state index contributed by atoms with van der Waals surface area (Å²) in [6.07, 6.45) is 1.39. The summed E-state index contributed by atoms with van der Waals surface area (Å²) in [5.41, 5.74) is 3.82. The van der Waals surface area contributed by atoms with Crippen LogP contribution in [0, 0.1) is 12.8 Å². The third-order valence-electron chi connectivity index (χ3n) is 8.16. The van der Waals surface area contributed by atoms with E-state index in [9.17, 15) is 24.3 Å². The lowest BCUT2D eigenvalue weighted by molar-refractivity contribution is -0.137. The van der Waals surface area contributed by atoms with Crippen LogP contribution >= 0.6 is 0 Å². The molecule has 1 unspecified atom stereocenters. The molecular formula is C33H34N4O7. The van der Waals surface area contributed by atoms with E-state index in [0.29, 0.717) is 60.1 Å². The zero-order valence-electron chi connectivity index (χ0n) is 24.4. The molecule has 11 heteroatoms. The third kappa shape index (κ3) is 6.46. The lowest BCUT2D eigenvalue weighted by Crippen LogP contribution is -2.49. The van der Waals surface area contributed by atoms with Crippen molar-refractivity contribution in [1.82, 2.24) is 10.2 Å². The second-order valence-corrected chi connectivity index (χ2v) is 11.4. The average Bonchev–Trinajstić information content (AvgIpc) is 3.78. The average molecular weight is 599 g/mol. The molecular weight excluding hydrogens is 564 g/mol. The topological polar surface area (TPSA) is 138 Å². The predicted molar refractivity (Wildman–Crippen MR) is 162 cm³/mol. The summed E-state index contributed by atoms with van der Waals surface area (Å²) in [5, 5.41) is 15.3. The van der Waals surface area contributed by atoms with Crippen molar-refractivity contribution < 1.29 is 33.8 Å². The molecule has 3 aromatic carbocycles. The van der Waals surface area contributed by atoms with Gasteiger partial charge in [0.1, 0.15) is 0 Å². The second-order valence-electron chi connectivity index (χ2n) is 11.4. The number of fused-ring (bicyclic) bond motifs is 1. The Morgan fingerprint density at radius 2 is 1.59 bits per heavy atom. The van der Waals surface area contributed by atoms with Gasteiger partial charge in [-0.15, -0.1) is 0 Å². The number of benzene rings is 3. The summed E-state index contributed by atoms with van der Waals surface area (Å²) >= 11 is 0. The predicted octanol–water partition coefficient (Wildman–Crippen LogP) is 3.98. The number of carbonyl (C=O) groups is 4. The lowest BCUT2D eigenvalue weighted by Gasteiger charge is -2.37. The lowest BCUT2D eigenvalue weighted by atomic mass is 10.0. The van der Waals surface area contributed by atoms with Gasteiger partial charge in [-0.05, 0) is 61.7 Å². The van der Waals surface area contributed by atoms with Crippen LogP contribution in [0.5, 0.6) is 11.5 Å². The molecule has 1 aliphatic carbocycles. The normalized spacial score (nSPS) is 16.3. The second kappa shape index (κ2) is 12.3. The van der Waals surface area contributed by atoms with E-state index in [-0.39, 0.29) is 30.9 Å². The first-order chi connectivity index (χ1) is 21.2. The molecule has 1 atom stereocenters. The number of rotatable bonds is 9. The van der Waals surface area contributed by atoms with Gasteiger partial charge in [0, 0.05) is 43.2 Å². The molecule has 6 rings (SSSR count). The summed E-state index contributed by atoms with van der Waals surface area (Å²) in [6.45, 7) is 4.08. The van der Waals surface area contributed by atoms with Crippen molar-refractivity contribution in [3.05, 3.63) is 82.9 Å². The van der Waals surface area contributed by atoms with E-state index in [0.717, 1.165) is 24.1 Å². The van der Waals surface area contributed by atoms with Crippen molar-refractivity contribution in [2.75, 3.05) is 43.2 Å². The van der Waals surface area contributed by atoms with Crippen LogP contribution in [0.3, 0.4) is 0 Å². The molecule has 11 nitrogen and oxygen atoms in total. The van der Waals surface area contributed by atoms with Crippen LogP contribution in [-0.4, -0.2) is 66.7 Å². The summed E-state index contributed by atoms with van der Waals surface area (Å²) in [5.74, 6) is -0.521. The van der Waals surface area contributed by atoms with Gasteiger partial charge in [-0.1, -0.05) is 29.8 Å². The van der Waals surface area contributed by atoms with Gasteiger partial charge in [-0.2, -0.15) is 0 Å². The Labute approximate surface area is 254 Å². The molecule has 0 radical (unpaired) electrons. The number of amides is 3. The maximum absolute atomic E-state index is 13.4. The van der Waals surface area contributed by atoms with Crippen molar-refractivity contribution in [3.8, 4) is 11.5 Å². The highest BCUT2D eigenvalue weighted by atomic mass is 16.7. The van der Waals surface area contributed by atoms with Crippen molar-refractivity contribution in [2.45, 2.75) is 32.2 Å². The highest BCUT2D eigenvalue weighted by molar-refractivity contribution is 6.01. The molecule has 228 valence electrons. The quantitative estimate of drug-likeness (QED) is 0.337. The van der Waals surface area contributed by atoms with Crippen LogP contribution in [0.2, 0.25) is 0 Å². The van der Waals surface area contributed by atoms with E-state index in [1.165, 1.54) is 0 Å². The summed E-state index contributed by atoms with van der Waals surface area (Å²) in [4.78, 5) is 54.9. The van der Waals surface area contributed by atoms with Gasteiger partial charge in [0.25, 0.3) is 11.8 Å². The fourth-order valence-corrected chi connectivity index (χ4v) is 5.46. The van der Waals surface area contributed by atoms with Crippen LogP contribution in [-0.2, 0) is 9.59 Å². The minimum atomic E-state index is -1.03. The van der Waals surface area contributed by atoms with Gasteiger partial charge < -0.3 is 35.0 Å². The molecule has 2 aliphatic heterocycles. The first kappa shape index (κ1) is 29.0. The maximum atomic E-state index is 13.4. The number of hydrogen-bond donors (Lipinski definition) is 3. The Morgan fingerprint density at radius 3 is 2.30 bits per heavy atom. The number of carboxylic acid groups (broad SMARTS) is 1. The van der Waals surface area contributed by atoms with E-state index in [2.05, 4.69) is 15.5 Å². The third-order valence-corrected chi connectivity index (χ3v) is 8.16. The molecule has 3 aliphatic rings. The maximum Gasteiger partial charge on any atom is 0.305 e. The van der Waals surface area contributed by atoms with Gasteiger partial charge in [0.05, 0.1) is 23.8 Å². The molecule has 0 spiro atoms. The molecule has 3 amide bonds. The fourth-order valence-electron chi connectivity index (χ4n) is 5.46. The molecule has 3 N–H and O–H groups in total. The number of nitrogens with zero attached hydrogens (tertiary/aromatic N) is 2. The van der Waals surface area contributed by atoms with Gasteiger partial charge in [0.2, 0.25) is 12.7 Å². The van der Waals surface area contributed by atoms with E-state index >= 15 is 0 Å². The highest BCUT2D eigenvalue weighted by Gasteiger charge is 2.31. The number of ether oxygens (including phenoxy) is 2. The van der Waals surface area contributed by atoms with Crippen LogP contribution in [0.4, 0.5) is 11.4 Å². The highest BCUT2D eigenvalue weighted by Crippen LogP contribution is 2.35. The Balaban J connectivity index is 1.18. The van der Waals surface area contributed by atoms with E-state index in [4.69, 9.17) is 9.47 Å². The van der Waals surface area contributed by atoms with E-state index in [1.54, 1.807) is 41.3 Å². The number of anilines is 2. The van der Waals surface area contributed by atoms with Crippen molar-refractivity contribution in [1.29, 1.82) is 0 Å². The van der Waals surface area contributed by atoms with Gasteiger partial charge in [-0.25, -0.2) is 0 Å². The zero-order valence-corrected chi connectivity index (χ0v) is 24.4. The summed E-state index contributed by atoms with van der Waals surface area (Å²) < 4.78 is 10.8. The molecule has 1 saturated heterocycles. The van der Waals surface area contributed by atoms with Gasteiger partial charge >= 0.3 is 5.97 Å². The van der Waals surface area contributed by atoms with Crippen LogP contribution in [0.25, 0.3) is 0 Å². The van der Waals surface area contributed by atoms with Crippen molar-refractivity contribution >= 4 is 35.1 Å². The Hall–Kier alpha value is -5.06. The Kier molecular flexibility index (Phi) is 8.10. The minimum Gasteiger partial charge on any atom is -0.481 e. The number of carbonyl (C=O) groups excluding carboxylic acids is 3. The Morgan fingerprint density at radius 1 is 0.886 bits per heavy atom. The molecule has 0 bridgehead atoms. The smallest absolute Gasteiger partial charge is 0.305 e. The molecule has 3 aromatic rings. The number of hydrogen-bond acceptors (Lipinski definition) is 7.